The zero-order valence-corrected chi connectivity index (χ0v) is 12.4. The molecule has 1 aromatic rings. The zero-order chi connectivity index (χ0) is 14.4. The molecule has 4 nitrogen and oxygen atoms in total. The van der Waals surface area contributed by atoms with Crippen LogP contribution in [0.15, 0.2) is 18.3 Å². The van der Waals surface area contributed by atoms with Crippen molar-refractivity contribution in [3.8, 4) is 11.9 Å². The minimum atomic E-state index is 0.506. The van der Waals surface area contributed by atoms with Crippen LogP contribution in [0.25, 0.3) is 0 Å². The Morgan fingerprint density at radius 1 is 1.40 bits per heavy atom. The summed E-state index contributed by atoms with van der Waals surface area (Å²) in [6, 6.07) is 5.26. The molecule has 0 N–H and O–H groups in total. The highest BCUT2D eigenvalue weighted by molar-refractivity contribution is 5.30. The van der Waals surface area contributed by atoms with Crippen molar-refractivity contribution >= 4 is 0 Å². The van der Waals surface area contributed by atoms with Gasteiger partial charge in [0, 0.05) is 25.4 Å². The summed E-state index contributed by atoms with van der Waals surface area (Å²) in [5, 5.41) is 8.50. The van der Waals surface area contributed by atoms with Gasteiger partial charge in [0.05, 0.1) is 18.2 Å². The molecule has 1 aliphatic carbocycles. The lowest BCUT2D eigenvalue weighted by molar-refractivity contribution is 0.203. The summed E-state index contributed by atoms with van der Waals surface area (Å²) in [6.07, 6.45) is 6.11. The van der Waals surface area contributed by atoms with Crippen LogP contribution in [0.2, 0.25) is 0 Å². The van der Waals surface area contributed by atoms with Gasteiger partial charge in [-0.3, -0.25) is 0 Å². The number of nitriles is 1. The third-order valence-corrected chi connectivity index (χ3v) is 3.95. The molecule has 2 aliphatic rings. The molecule has 0 spiro atoms. The van der Waals surface area contributed by atoms with Crippen molar-refractivity contribution in [3.63, 3.8) is 0 Å². The smallest absolute Gasteiger partial charge is 0.214 e. The fourth-order valence-corrected chi connectivity index (χ4v) is 3.17. The lowest BCUT2D eigenvalue weighted by Gasteiger charge is -2.27. The molecule has 1 aromatic heterocycles. The predicted molar refractivity (Wildman–Crippen MR) is 78.4 cm³/mol. The number of ether oxygens (including phenoxy) is 1. The minimum Gasteiger partial charge on any atom is -0.478 e. The summed E-state index contributed by atoms with van der Waals surface area (Å²) in [5.74, 6) is 2.63. The number of piperidine rings is 1. The van der Waals surface area contributed by atoms with Crippen molar-refractivity contribution in [2.24, 2.45) is 11.8 Å². The molecule has 4 heteroatoms. The first-order valence-corrected chi connectivity index (χ1v) is 7.38. The van der Waals surface area contributed by atoms with Gasteiger partial charge < -0.3 is 9.64 Å². The van der Waals surface area contributed by atoms with Gasteiger partial charge in [-0.25, -0.2) is 4.98 Å². The maximum atomic E-state index is 8.50. The Labute approximate surface area is 121 Å². The standard InChI is InChI=1S/C8H8N2O.C8H15N/c1-2-11-8-5-7(6-9)3-4-10-8;1-9-5-7-2-3-8(4-7)6-9/h3-5H,2H2,1H3;7-8H,2-6H2,1H3. The van der Waals surface area contributed by atoms with Gasteiger partial charge in [0.25, 0.3) is 0 Å². The number of pyridine rings is 1. The van der Waals surface area contributed by atoms with Crippen LogP contribution in [-0.4, -0.2) is 36.6 Å². The summed E-state index contributed by atoms with van der Waals surface area (Å²) >= 11 is 0. The molecular formula is C16H23N3O. The Bertz CT molecular complexity index is 457. The lowest BCUT2D eigenvalue weighted by atomic mass is 10.00. The topological polar surface area (TPSA) is 49.1 Å². The highest BCUT2D eigenvalue weighted by Gasteiger charge is 2.30. The van der Waals surface area contributed by atoms with Gasteiger partial charge in [-0.2, -0.15) is 5.26 Å². The first-order valence-electron chi connectivity index (χ1n) is 7.38. The highest BCUT2D eigenvalue weighted by Crippen LogP contribution is 2.35. The van der Waals surface area contributed by atoms with Crippen LogP contribution in [0, 0.1) is 23.2 Å². The fraction of sp³-hybridized carbons (Fsp3) is 0.625. The third kappa shape index (κ3) is 4.21. The second-order valence-electron chi connectivity index (χ2n) is 5.69. The molecular weight excluding hydrogens is 250 g/mol. The van der Waals surface area contributed by atoms with E-state index in [-0.39, 0.29) is 0 Å². The Morgan fingerprint density at radius 3 is 2.70 bits per heavy atom. The average Bonchev–Trinajstić information content (AvgIpc) is 2.79. The van der Waals surface area contributed by atoms with Gasteiger partial charge in [-0.1, -0.05) is 0 Å². The summed E-state index contributed by atoms with van der Waals surface area (Å²) in [6.45, 7) is 5.19. The van der Waals surface area contributed by atoms with Crippen LogP contribution >= 0.6 is 0 Å². The molecule has 2 fully saturated rings. The number of likely N-dealkylation sites (tertiary alicyclic amines) is 1. The number of nitrogens with zero attached hydrogens (tertiary/aromatic N) is 3. The number of rotatable bonds is 2. The van der Waals surface area contributed by atoms with Gasteiger partial charge in [0.15, 0.2) is 0 Å². The molecule has 1 saturated carbocycles. The van der Waals surface area contributed by atoms with Crippen LogP contribution in [0.3, 0.4) is 0 Å². The van der Waals surface area contributed by atoms with Crippen molar-refractivity contribution in [1.29, 1.82) is 5.26 Å². The molecule has 0 amide bonds. The van der Waals surface area contributed by atoms with Gasteiger partial charge in [0.2, 0.25) is 5.88 Å². The monoisotopic (exact) mass is 273 g/mol. The Kier molecular flexibility index (Phi) is 5.37. The Hall–Kier alpha value is -1.60. The molecule has 1 aliphatic heterocycles. The van der Waals surface area contributed by atoms with E-state index in [1.165, 1.54) is 32.4 Å². The first kappa shape index (κ1) is 14.8. The van der Waals surface area contributed by atoms with Crippen LogP contribution in [0.5, 0.6) is 5.88 Å². The Balaban J connectivity index is 0.000000149. The van der Waals surface area contributed by atoms with Gasteiger partial charge >= 0.3 is 0 Å². The van der Waals surface area contributed by atoms with E-state index in [4.69, 9.17) is 10.00 Å². The SMILES string of the molecule is CCOc1cc(C#N)ccn1.CN1CC2CCC(C2)C1. The summed E-state index contributed by atoms with van der Waals surface area (Å²) in [4.78, 5) is 6.40. The van der Waals surface area contributed by atoms with Crippen LogP contribution in [0.4, 0.5) is 0 Å². The quantitative estimate of drug-likeness (QED) is 0.831. The second-order valence-corrected chi connectivity index (χ2v) is 5.69. The van der Waals surface area contributed by atoms with Crippen molar-refractivity contribution < 1.29 is 4.74 Å². The zero-order valence-electron chi connectivity index (χ0n) is 12.4. The van der Waals surface area contributed by atoms with Crippen molar-refractivity contribution in [3.05, 3.63) is 23.9 Å². The van der Waals surface area contributed by atoms with E-state index in [9.17, 15) is 0 Å². The number of hydrogen-bond acceptors (Lipinski definition) is 4. The van der Waals surface area contributed by atoms with Crippen molar-refractivity contribution in [2.75, 3.05) is 26.7 Å². The van der Waals surface area contributed by atoms with E-state index in [0.717, 1.165) is 11.8 Å². The maximum absolute atomic E-state index is 8.50. The van der Waals surface area contributed by atoms with Crippen molar-refractivity contribution in [2.45, 2.75) is 26.2 Å². The van der Waals surface area contributed by atoms with Crippen LogP contribution < -0.4 is 4.74 Å². The van der Waals surface area contributed by atoms with Crippen LogP contribution in [-0.2, 0) is 0 Å². The van der Waals surface area contributed by atoms with E-state index in [1.54, 1.807) is 18.3 Å². The molecule has 1 saturated heterocycles. The van der Waals surface area contributed by atoms with Crippen LogP contribution in [0.1, 0.15) is 31.7 Å². The number of hydrogen-bond donors (Lipinski definition) is 0. The molecule has 108 valence electrons. The fourth-order valence-electron chi connectivity index (χ4n) is 3.17. The molecule has 20 heavy (non-hydrogen) atoms. The summed E-state index contributed by atoms with van der Waals surface area (Å²) in [7, 11) is 2.25. The average molecular weight is 273 g/mol. The molecule has 0 radical (unpaired) electrons. The van der Waals surface area contributed by atoms with E-state index >= 15 is 0 Å². The highest BCUT2D eigenvalue weighted by atomic mass is 16.5. The Morgan fingerprint density at radius 2 is 2.10 bits per heavy atom. The first-order chi connectivity index (χ1) is 9.71. The summed E-state index contributed by atoms with van der Waals surface area (Å²) in [5.41, 5.74) is 0.573. The molecule has 3 rings (SSSR count). The second kappa shape index (κ2) is 7.25. The number of aromatic nitrogens is 1. The third-order valence-electron chi connectivity index (χ3n) is 3.95. The normalized spacial score (nSPS) is 24.4. The largest absolute Gasteiger partial charge is 0.478 e. The molecule has 0 aromatic carbocycles. The maximum Gasteiger partial charge on any atom is 0.214 e. The molecule has 2 heterocycles. The van der Waals surface area contributed by atoms with E-state index in [2.05, 4.69) is 16.9 Å². The van der Waals surface area contributed by atoms with E-state index < -0.39 is 0 Å². The molecule has 2 bridgehead atoms. The van der Waals surface area contributed by atoms with Gasteiger partial charge in [-0.15, -0.1) is 0 Å². The molecule has 2 atom stereocenters. The van der Waals surface area contributed by atoms with Gasteiger partial charge in [-0.05, 0) is 51.1 Å². The lowest BCUT2D eigenvalue weighted by Crippen LogP contribution is -2.32. The van der Waals surface area contributed by atoms with E-state index in [0.29, 0.717) is 18.1 Å². The van der Waals surface area contributed by atoms with Crippen molar-refractivity contribution in [1.82, 2.24) is 9.88 Å². The molecule has 2 unspecified atom stereocenters. The number of fused-ring (bicyclic) bond motifs is 2. The summed E-state index contributed by atoms with van der Waals surface area (Å²) < 4.78 is 5.09. The predicted octanol–water partition coefficient (Wildman–Crippen LogP) is 2.70. The minimum absolute atomic E-state index is 0.506. The van der Waals surface area contributed by atoms with E-state index in [1.807, 2.05) is 13.0 Å². The van der Waals surface area contributed by atoms with Gasteiger partial charge in [0.1, 0.15) is 0 Å².